The SMILES string of the molecule is C#CC1CC(=O)N(c2nccc(-c3cccs3)n2)C1. The van der Waals surface area contributed by atoms with Crippen molar-refractivity contribution in [3.8, 4) is 22.9 Å². The van der Waals surface area contributed by atoms with E-state index in [0.29, 0.717) is 18.9 Å². The third-order valence-corrected chi connectivity index (χ3v) is 3.91. The summed E-state index contributed by atoms with van der Waals surface area (Å²) in [6.45, 7) is 0.503. The van der Waals surface area contributed by atoms with Crippen LogP contribution in [0.25, 0.3) is 10.6 Å². The maximum absolute atomic E-state index is 11.9. The van der Waals surface area contributed by atoms with Crippen LogP contribution in [-0.2, 0) is 4.79 Å². The van der Waals surface area contributed by atoms with Gasteiger partial charge in [0.2, 0.25) is 11.9 Å². The zero-order valence-corrected chi connectivity index (χ0v) is 10.9. The number of hydrogen-bond acceptors (Lipinski definition) is 4. The molecule has 0 spiro atoms. The fraction of sp³-hybridized carbons (Fsp3) is 0.214. The standard InChI is InChI=1S/C14H11N3OS/c1-2-10-8-13(18)17(9-10)14-15-6-5-11(16-14)12-4-3-7-19-12/h1,3-7,10H,8-9H2. The fourth-order valence-electron chi connectivity index (χ4n) is 2.05. The summed E-state index contributed by atoms with van der Waals surface area (Å²) in [4.78, 5) is 23.2. The van der Waals surface area contributed by atoms with Gasteiger partial charge >= 0.3 is 0 Å². The molecule has 3 heterocycles. The van der Waals surface area contributed by atoms with E-state index < -0.39 is 0 Å². The Kier molecular flexibility index (Phi) is 3.02. The Bertz CT molecular complexity index is 645. The number of thiophene rings is 1. The largest absolute Gasteiger partial charge is 0.279 e. The van der Waals surface area contributed by atoms with Gasteiger partial charge in [-0.3, -0.25) is 9.69 Å². The van der Waals surface area contributed by atoms with Crippen molar-refractivity contribution < 1.29 is 4.79 Å². The molecule has 0 N–H and O–H groups in total. The van der Waals surface area contributed by atoms with Gasteiger partial charge in [0.1, 0.15) is 0 Å². The van der Waals surface area contributed by atoms with Crippen LogP contribution in [0.4, 0.5) is 5.95 Å². The predicted molar refractivity (Wildman–Crippen MR) is 74.6 cm³/mol. The average molecular weight is 269 g/mol. The molecular weight excluding hydrogens is 258 g/mol. The van der Waals surface area contributed by atoms with Crippen molar-refractivity contribution in [3.63, 3.8) is 0 Å². The zero-order valence-electron chi connectivity index (χ0n) is 10.1. The van der Waals surface area contributed by atoms with Gasteiger partial charge in [0.15, 0.2) is 0 Å². The molecule has 0 bridgehead atoms. The lowest BCUT2D eigenvalue weighted by Gasteiger charge is -2.13. The molecule has 4 nitrogen and oxygen atoms in total. The molecule has 0 radical (unpaired) electrons. The van der Waals surface area contributed by atoms with Crippen molar-refractivity contribution in [3.05, 3.63) is 29.8 Å². The smallest absolute Gasteiger partial charge is 0.232 e. The van der Waals surface area contributed by atoms with E-state index in [1.54, 1.807) is 22.4 Å². The normalized spacial score (nSPS) is 18.6. The topological polar surface area (TPSA) is 46.1 Å². The molecule has 19 heavy (non-hydrogen) atoms. The highest BCUT2D eigenvalue weighted by Gasteiger charge is 2.31. The van der Waals surface area contributed by atoms with Crippen LogP contribution in [0.15, 0.2) is 29.8 Å². The first-order valence-electron chi connectivity index (χ1n) is 5.91. The Hall–Kier alpha value is -2.19. The Labute approximate surface area is 115 Å². The van der Waals surface area contributed by atoms with Gasteiger partial charge in [0.05, 0.1) is 10.6 Å². The third kappa shape index (κ3) is 2.23. The fourth-order valence-corrected chi connectivity index (χ4v) is 2.75. The molecule has 1 aliphatic rings. The van der Waals surface area contributed by atoms with Gasteiger partial charge in [0, 0.05) is 25.1 Å². The summed E-state index contributed by atoms with van der Waals surface area (Å²) in [5.41, 5.74) is 0.831. The number of nitrogens with zero attached hydrogens (tertiary/aromatic N) is 3. The van der Waals surface area contributed by atoms with Gasteiger partial charge < -0.3 is 0 Å². The lowest BCUT2D eigenvalue weighted by Crippen LogP contribution is -2.26. The number of carbonyl (C=O) groups excluding carboxylic acids is 1. The first kappa shape index (κ1) is 11.9. The summed E-state index contributed by atoms with van der Waals surface area (Å²) in [5.74, 6) is 3.01. The molecule has 1 saturated heterocycles. The minimum absolute atomic E-state index is 0.00807. The van der Waals surface area contributed by atoms with Crippen molar-refractivity contribution in [2.45, 2.75) is 6.42 Å². The van der Waals surface area contributed by atoms with Gasteiger partial charge in [-0.1, -0.05) is 6.07 Å². The molecule has 1 aliphatic heterocycles. The summed E-state index contributed by atoms with van der Waals surface area (Å²) >= 11 is 1.61. The van der Waals surface area contributed by atoms with Crippen LogP contribution in [0.3, 0.4) is 0 Å². The minimum atomic E-state index is -0.0403. The highest BCUT2D eigenvalue weighted by molar-refractivity contribution is 7.13. The van der Waals surface area contributed by atoms with Crippen molar-refractivity contribution in [1.82, 2.24) is 9.97 Å². The zero-order chi connectivity index (χ0) is 13.2. The molecule has 0 saturated carbocycles. The lowest BCUT2D eigenvalue weighted by molar-refractivity contribution is -0.117. The molecule has 94 valence electrons. The van der Waals surface area contributed by atoms with Gasteiger partial charge in [-0.2, -0.15) is 0 Å². The molecule has 5 heteroatoms. The van der Waals surface area contributed by atoms with E-state index in [1.165, 1.54) is 0 Å². The molecule has 0 aliphatic carbocycles. The molecule has 1 fully saturated rings. The molecule has 1 amide bonds. The van der Waals surface area contributed by atoms with E-state index in [2.05, 4.69) is 15.9 Å². The van der Waals surface area contributed by atoms with Crippen molar-refractivity contribution in [2.75, 3.05) is 11.4 Å². The third-order valence-electron chi connectivity index (χ3n) is 3.02. The second-order valence-corrected chi connectivity index (χ2v) is 5.24. The number of anilines is 1. The van der Waals surface area contributed by atoms with Crippen LogP contribution < -0.4 is 4.90 Å². The number of terminal acetylenes is 1. The van der Waals surface area contributed by atoms with Crippen LogP contribution in [0, 0.1) is 18.3 Å². The van der Waals surface area contributed by atoms with Crippen molar-refractivity contribution in [2.24, 2.45) is 5.92 Å². The Morgan fingerprint density at radius 2 is 2.37 bits per heavy atom. The maximum Gasteiger partial charge on any atom is 0.232 e. The first-order chi connectivity index (χ1) is 9.28. The number of amides is 1. The van der Waals surface area contributed by atoms with E-state index in [4.69, 9.17) is 6.42 Å². The molecule has 2 aromatic heterocycles. The highest BCUT2D eigenvalue weighted by atomic mass is 32.1. The molecule has 3 rings (SSSR count). The lowest BCUT2D eigenvalue weighted by atomic mass is 10.1. The van der Waals surface area contributed by atoms with E-state index in [-0.39, 0.29) is 11.8 Å². The van der Waals surface area contributed by atoms with Gasteiger partial charge in [-0.25, -0.2) is 9.97 Å². The van der Waals surface area contributed by atoms with Crippen LogP contribution in [-0.4, -0.2) is 22.4 Å². The average Bonchev–Trinajstić information content (AvgIpc) is 3.08. The molecule has 1 unspecified atom stereocenters. The Morgan fingerprint density at radius 3 is 3.05 bits per heavy atom. The first-order valence-corrected chi connectivity index (χ1v) is 6.79. The summed E-state index contributed by atoms with van der Waals surface area (Å²) in [6, 6.07) is 5.80. The minimum Gasteiger partial charge on any atom is -0.279 e. The van der Waals surface area contributed by atoms with Gasteiger partial charge in [0.25, 0.3) is 0 Å². The monoisotopic (exact) mass is 269 g/mol. The number of hydrogen-bond donors (Lipinski definition) is 0. The van der Waals surface area contributed by atoms with Gasteiger partial charge in [-0.05, 0) is 17.5 Å². The van der Waals surface area contributed by atoms with E-state index in [1.807, 2.05) is 23.6 Å². The molecular formula is C14H11N3OS. The molecule has 2 aromatic rings. The summed E-state index contributed by atoms with van der Waals surface area (Å²) < 4.78 is 0. The highest BCUT2D eigenvalue weighted by Crippen LogP contribution is 2.26. The maximum atomic E-state index is 11.9. The summed E-state index contributed by atoms with van der Waals surface area (Å²) in [6.07, 6.45) is 7.43. The number of rotatable bonds is 2. The van der Waals surface area contributed by atoms with Crippen LogP contribution >= 0.6 is 11.3 Å². The Balaban J connectivity index is 1.92. The van der Waals surface area contributed by atoms with Crippen molar-refractivity contribution >= 4 is 23.2 Å². The van der Waals surface area contributed by atoms with E-state index >= 15 is 0 Å². The molecule has 1 atom stereocenters. The van der Waals surface area contributed by atoms with E-state index in [0.717, 1.165) is 10.6 Å². The predicted octanol–water partition coefficient (Wildman–Crippen LogP) is 2.19. The quantitative estimate of drug-likeness (QED) is 0.785. The van der Waals surface area contributed by atoms with Crippen LogP contribution in [0.5, 0.6) is 0 Å². The van der Waals surface area contributed by atoms with Crippen molar-refractivity contribution in [1.29, 1.82) is 0 Å². The van der Waals surface area contributed by atoms with Crippen LogP contribution in [0.1, 0.15) is 6.42 Å². The summed E-state index contributed by atoms with van der Waals surface area (Å²) in [5, 5.41) is 1.99. The van der Waals surface area contributed by atoms with Crippen LogP contribution in [0.2, 0.25) is 0 Å². The summed E-state index contributed by atoms with van der Waals surface area (Å²) in [7, 11) is 0. The Morgan fingerprint density at radius 1 is 1.47 bits per heavy atom. The number of carbonyl (C=O) groups is 1. The molecule has 0 aromatic carbocycles. The second-order valence-electron chi connectivity index (χ2n) is 4.29. The second kappa shape index (κ2) is 4.82. The van der Waals surface area contributed by atoms with E-state index in [9.17, 15) is 4.79 Å². The van der Waals surface area contributed by atoms with Gasteiger partial charge in [-0.15, -0.1) is 23.7 Å². The number of aromatic nitrogens is 2.